The van der Waals surface area contributed by atoms with Gasteiger partial charge in [0, 0.05) is 23.4 Å². The number of rotatable bonds is 1. The van der Waals surface area contributed by atoms with Crippen molar-refractivity contribution < 1.29 is 4.79 Å². The molecule has 3 fully saturated rings. The van der Waals surface area contributed by atoms with E-state index in [0.29, 0.717) is 29.3 Å². The lowest BCUT2D eigenvalue weighted by Crippen LogP contribution is -2.48. The predicted molar refractivity (Wildman–Crippen MR) is 64.5 cm³/mol. The minimum Gasteiger partial charge on any atom is -0.336 e. The highest BCUT2D eigenvalue weighted by Crippen LogP contribution is 2.40. The SMILES string of the molecule is O=C(C1CCCC1)N1C2CCC1CC(Cl)C2. The van der Waals surface area contributed by atoms with Crippen molar-refractivity contribution in [3.05, 3.63) is 0 Å². The summed E-state index contributed by atoms with van der Waals surface area (Å²) in [5.41, 5.74) is 0. The summed E-state index contributed by atoms with van der Waals surface area (Å²) in [4.78, 5) is 14.7. The molecule has 0 aromatic rings. The average Bonchev–Trinajstić information content (AvgIpc) is 2.85. The maximum atomic E-state index is 12.5. The number of carbonyl (C=O) groups excluding carboxylic acids is 1. The van der Waals surface area contributed by atoms with E-state index in [2.05, 4.69) is 4.90 Å². The summed E-state index contributed by atoms with van der Waals surface area (Å²) in [5.74, 6) is 0.795. The molecule has 2 heterocycles. The zero-order chi connectivity index (χ0) is 11.1. The number of alkyl halides is 1. The molecule has 3 aliphatic rings. The first-order valence-corrected chi connectivity index (χ1v) is 7.15. The lowest BCUT2D eigenvalue weighted by atomic mass is 9.98. The van der Waals surface area contributed by atoms with E-state index in [0.717, 1.165) is 25.7 Å². The van der Waals surface area contributed by atoms with Gasteiger partial charge in [-0.05, 0) is 38.5 Å². The van der Waals surface area contributed by atoms with Crippen LogP contribution in [0.3, 0.4) is 0 Å². The van der Waals surface area contributed by atoms with Gasteiger partial charge in [-0.3, -0.25) is 4.79 Å². The van der Waals surface area contributed by atoms with Gasteiger partial charge in [0.05, 0.1) is 0 Å². The molecule has 2 saturated heterocycles. The number of halogens is 1. The molecule has 2 atom stereocenters. The van der Waals surface area contributed by atoms with Gasteiger partial charge >= 0.3 is 0 Å². The highest BCUT2D eigenvalue weighted by Gasteiger charge is 2.44. The molecule has 0 aromatic carbocycles. The van der Waals surface area contributed by atoms with Crippen molar-refractivity contribution in [2.75, 3.05) is 0 Å². The molecular weight excluding hydrogens is 222 g/mol. The quantitative estimate of drug-likeness (QED) is 0.647. The summed E-state index contributed by atoms with van der Waals surface area (Å²) in [6.07, 6.45) is 9.17. The smallest absolute Gasteiger partial charge is 0.226 e. The van der Waals surface area contributed by atoms with Crippen molar-refractivity contribution >= 4 is 17.5 Å². The van der Waals surface area contributed by atoms with Crippen molar-refractivity contribution in [1.29, 1.82) is 0 Å². The minimum atomic E-state index is 0.310. The summed E-state index contributed by atoms with van der Waals surface area (Å²) < 4.78 is 0. The Bertz CT molecular complexity index is 274. The standard InChI is InChI=1S/C13H20ClNO/c14-10-7-11-5-6-12(8-10)15(11)13(16)9-3-1-2-4-9/h9-12H,1-8H2. The van der Waals surface area contributed by atoms with Crippen molar-refractivity contribution in [3.63, 3.8) is 0 Å². The second kappa shape index (κ2) is 4.21. The van der Waals surface area contributed by atoms with Gasteiger partial charge in [-0.25, -0.2) is 0 Å². The Morgan fingerprint density at radius 2 is 1.56 bits per heavy atom. The molecule has 3 heteroatoms. The second-order valence-corrected chi connectivity index (χ2v) is 6.30. The van der Waals surface area contributed by atoms with Crippen LogP contribution in [0.5, 0.6) is 0 Å². The van der Waals surface area contributed by atoms with Gasteiger partial charge in [0.25, 0.3) is 0 Å². The molecule has 0 N–H and O–H groups in total. The molecule has 1 amide bonds. The molecule has 0 radical (unpaired) electrons. The molecule has 16 heavy (non-hydrogen) atoms. The first-order chi connectivity index (χ1) is 7.75. The summed E-state index contributed by atoms with van der Waals surface area (Å²) in [7, 11) is 0. The molecule has 2 aliphatic heterocycles. The van der Waals surface area contributed by atoms with Crippen LogP contribution in [0.25, 0.3) is 0 Å². The average molecular weight is 242 g/mol. The number of carbonyl (C=O) groups is 1. The second-order valence-electron chi connectivity index (χ2n) is 5.68. The van der Waals surface area contributed by atoms with E-state index in [9.17, 15) is 4.79 Å². The molecule has 90 valence electrons. The molecule has 1 saturated carbocycles. The van der Waals surface area contributed by atoms with Crippen LogP contribution in [0.4, 0.5) is 0 Å². The Balaban J connectivity index is 1.72. The Labute approximate surface area is 102 Å². The summed E-state index contributed by atoms with van der Waals surface area (Å²) in [5, 5.41) is 0.310. The van der Waals surface area contributed by atoms with E-state index >= 15 is 0 Å². The largest absolute Gasteiger partial charge is 0.336 e. The Hall–Kier alpha value is -0.240. The van der Waals surface area contributed by atoms with Crippen molar-refractivity contribution in [2.45, 2.75) is 68.8 Å². The van der Waals surface area contributed by atoms with Gasteiger partial charge in [-0.15, -0.1) is 11.6 Å². The van der Waals surface area contributed by atoms with Crippen molar-refractivity contribution in [3.8, 4) is 0 Å². The van der Waals surface area contributed by atoms with Crippen LogP contribution in [-0.4, -0.2) is 28.3 Å². The van der Waals surface area contributed by atoms with Crippen LogP contribution in [0.15, 0.2) is 0 Å². The fourth-order valence-electron chi connectivity index (χ4n) is 3.85. The molecule has 1 aliphatic carbocycles. The highest BCUT2D eigenvalue weighted by molar-refractivity contribution is 6.20. The summed E-state index contributed by atoms with van der Waals surface area (Å²) >= 11 is 6.24. The van der Waals surface area contributed by atoms with Gasteiger partial charge in [0.2, 0.25) is 5.91 Å². The number of fused-ring (bicyclic) bond motifs is 2. The highest BCUT2D eigenvalue weighted by atomic mass is 35.5. The Morgan fingerprint density at radius 3 is 2.12 bits per heavy atom. The lowest BCUT2D eigenvalue weighted by molar-refractivity contribution is -0.139. The molecule has 2 unspecified atom stereocenters. The maximum absolute atomic E-state index is 12.5. The number of nitrogens with zero attached hydrogens (tertiary/aromatic N) is 1. The number of hydrogen-bond donors (Lipinski definition) is 0. The van der Waals surface area contributed by atoms with Gasteiger partial charge in [-0.2, -0.15) is 0 Å². The normalized spacial score (nSPS) is 39.3. The summed E-state index contributed by atoms with van der Waals surface area (Å²) in [6.45, 7) is 0. The first kappa shape index (κ1) is 10.9. The third kappa shape index (κ3) is 1.75. The summed E-state index contributed by atoms with van der Waals surface area (Å²) in [6, 6.07) is 0.934. The van der Waals surface area contributed by atoms with E-state index < -0.39 is 0 Å². The van der Waals surface area contributed by atoms with Crippen LogP contribution < -0.4 is 0 Å². The number of amides is 1. The Kier molecular flexibility index (Phi) is 2.87. The van der Waals surface area contributed by atoms with Gasteiger partial charge in [0.15, 0.2) is 0 Å². The number of hydrogen-bond acceptors (Lipinski definition) is 1. The van der Waals surface area contributed by atoms with E-state index in [1.807, 2.05) is 0 Å². The van der Waals surface area contributed by atoms with Crippen LogP contribution in [0, 0.1) is 5.92 Å². The minimum absolute atomic E-state index is 0.310. The molecular formula is C13H20ClNO. The third-order valence-corrected chi connectivity index (χ3v) is 4.99. The molecule has 0 spiro atoms. The number of piperidine rings is 1. The van der Waals surface area contributed by atoms with E-state index in [-0.39, 0.29) is 0 Å². The fraction of sp³-hybridized carbons (Fsp3) is 0.923. The van der Waals surface area contributed by atoms with Gasteiger partial charge in [-0.1, -0.05) is 12.8 Å². The zero-order valence-corrected chi connectivity index (χ0v) is 10.5. The van der Waals surface area contributed by atoms with Crippen molar-refractivity contribution in [2.24, 2.45) is 5.92 Å². The van der Waals surface area contributed by atoms with Crippen LogP contribution in [0.1, 0.15) is 51.4 Å². The van der Waals surface area contributed by atoms with Crippen LogP contribution >= 0.6 is 11.6 Å². The first-order valence-electron chi connectivity index (χ1n) is 6.72. The Morgan fingerprint density at radius 1 is 1.00 bits per heavy atom. The lowest BCUT2D eigenvalue weighted by Gasteiger charge is -2.38. The van der Waals surface area contributed by atoms with Gasteiger partial charge < -0.3 is 4.90 Å². The van der Waals surface area contributed by atoms with Gasteiger partial charge in [0.1, 0.15) is 0 Å². The van der Waals surface area contributed by atoms with E-state index in [1.54, 1.807) is 0 Å². The molecule has 2 bridgehead atoms. The third-order valence-electron chi connectivity index (χ3n) is 4.63. The predicted octanol–water partition coefficient (Wildman–Crippen LogP) is 2.94. The topological polar surface area (TPSA) is 20.3 Å². The van der Waals surface area contributed by atoms with Crippen molar-refractivity contribution in [1.82, 2.24) is 4.90 Å². The maximum Gasteiger partial charge on any atom is 0.226 e. The van der Waals surface area contributed by atoms with E-state index in [1.165, 1.54) is 25.7 Å². The fourth-order valence-corrected chi connectivity index (χ4v) is 4.27. The zero-order valence-electron chi connectivity index (χ0n) is 9.70. The molecule has 2 nitrogen and oxygen atoms in total. The monoisotopic (exact) mass is 241 g/mol. The molecule has 0 aromatic heterocycles. The molecule has 3 rings (SSSR count). The van der Waals surface area contributed by atoms with E-state index in [4.69, 9.17) is 11.6 Å². The van der Waals surface area contributed by atoms with Crippen LogP contribution in [-0.2, 0) is 4.79 Å². The van der Waals surface area contributed by atoms with Crippen LogP contribution in [0.2, 0.25) is 0 Å².